The number of fused-ring (bicyclic) bond motifs is 7. The molecule has 0 heterocycles. The van der Waals surface area contributed by atoms with E-state index >= 15 is 0 Å². The summed E-state index contributed by atoms with van der Waals surface area (Å²) in [6.45, 7) is 17.0. The fourth-order valence-electron chi connectivity index (χ4n) is 10.6. The molecule has 5 aliphatic rings. The minimum absolute atomic E-state index is 0.00400. The lowest BCUT2D eigenvalue weighted by Gasteiger charge is -2.69. The fourth-order valence-corrected chi connectivity index (χ4v) is 10.6. The van der Waals surface area contributed by atoms with Gasteiger partial charge in [0.1, 0.15) is 6.07 Å². The number of amides is 2. The summed E-state index contributed by atoms with van der Waals surface area (Å²) in [6.07, 6.45) is 10.2. The lowest BCUT2D eigenvalue weighted by atomic mass is 9.34. The van der Waals surface area contributed by atoms with Crippen LogP contribution >= 0.6 is 0 Å². The van der Waals surface area contributed by atoms with Crippen molar-refractivity contribution in [3.63, 3.8) is 0 Å². The van der Waals surface area contributed by atoms with Gasteiger partial charge in [-0.15, -0.1) is 0 Å². The van der Waals surface area contributed by atoms with E-state index in [1.165, 1.54) is 0 Å². The van der Waals surface area contributed by atoms with Crippen LogP contribution < -0.4 is 10.9 Å². The first-order valence-electron chi connectivity index (χ1n) is 16.0. The Labute approximate surface area is 251 Å². The first kappa shape index (κ1) is 30.7. The predicted octanol–water partition coefficient (Wildman–Crippen LogP) is 6.15. The Morgan fingerprint density at radius 3 is 2.29 bits per heavy atom. The lowest BCUT2D eigenvalue weighted by molar-refractivity contribution is -0.179. The van der Waals surface area contributed by atoms with Crippen LogP contribution in [-0.2, 0) is 19.2 Å². The molecule has 0 spiro atoms. The van der Waals surface area contributed by atoms with Crippen molar-refractivity contribution >= 4 is 23.4 Å². The molecule has 0 aliphatic heterocycles. The van der Waals surface area contributed by atoms with Crippen LogP contribution in [0, 0.1) is 61.6 Å². The minimum Gasteiger partial charge on any atom is -0.295 e. The number of carbonyl (C=O) groups is 4. The Morgan fingerprint density at radius 2 is 1.64 bits per heavy atom. The number of rotatable bonds is 3. The second-order valence-electron chi connectivity index (χ2n) is 16.2. The maximum Gasteiger partial charge on any atom is 0.244 e. The van der Waals surface area contributed by atoms with Crippen LogP contribution in [0.2, 0.25) is 0 Å². The van der Waals surface area contributed by atoms with Gasteiger partial charge in [-0.1, -0.05) is 67.0 Å². The van der Waals surface area contributed by atoms with Crippen LogP contribution in [0.3, 0.4) is 0 Å². The summed E-state index contributed by atoms with van der Waals surface area (Å²) < 4.78 is 0. The topological polar surface area (TPSA) is 116 Å². The number of nitrogens with zero attached hydrogens (tertiary/aromatic N) is 1. The van der Waals surface area contributed by atoms with Gasteiger partial charge in [0, 0.05) is 23.2 Å². The van der Waals surface area contributed by atoms with Gasteiger partial charge in [0.2, 0.25) is 11.8 Å². The van der Waals surface area contributed by atoms with E-state index < -0.39 is 16.2 Å². The van der Waals surface area contributed by atoms with Crippen molar-refractivity contribution in [3.05, 3.63) is 23.3 Å². The van der Waals surface area contributed by atoms with Crippen molar-refractivity contribution in [1.29, 1.82) is 5.26 Å². The zero-order chi connectivity index (χ0) is 31.1. The Kier molecular flexibility index (Phi) is 7.04. The van der Waals surface area contributed by atoms with E-state index in [2.05, 4.69) is 51.5 Å². The summed E-state index contributed by atoms with van der Waals surface area (Å²) in [7, 11) is 0. The third-order valence-corrected chi connectivity index (χ3v) is 13.1. The van der Waals surface area contributed by atoms with Gasteiger partial charge in [-0.3, -0.25) is 30.0 Å². The maximum absolute atomic E-state index is 14.6. The van der Waals surface area contributed by atoms with E-state index in [1.807, 2.05) is 32.9 Å². The molecule has 0 aromatic heterocycles. The molecule has 0 saturated heterocycles. The molecule has 2 N–H and O–H groups in total. The number of hydrogen-bond acceptors (Lipinski definition) is 5. The summed E-state index contributed by atoms with van der Waals surface area (Å²) in [5.41, 5.74) is 3.94. The minimum atomic E-state index is -0.717. The number of carbonyl (C=O) groups excluding carboxylic acids is 4. The second kappa shape index (κ2) is 9.63. The Balaban J connectivity index is 1.61. The molecule has 0 aromatic carbocycles. The molecule has 3 fully saturated rings. The van der Waals surface area contributed by atoms with Crippen molar-refractivity contribution in [1.82, 2.24) is 10.9 Å². The van der Waals surface area contributed by atoms with E-state index in [9.17, 15) is 24.4 Å². The highest BCUT2D eigenvalue weighted by Gasteiger charge is 2.70. The normalized spacial score (nSPS) is 41.5. The third kappa shape index (κ3) is 4.03. The lowest BCUT2D eigenvalue weighted by Crippen LogP contribution is -2.67. The Hall–Kier alpha value is -2.75. The Morgan fingerprint density at radius 1 is 0.976 bits per heavy atom. The highest BCUT2D eigenvalue weighted by molar-refractivity contribution is 6.04. The molecular weight excluding hydrogens is 526 g/mol. The standard InChI is InChI=1S/C35H49N3O4/c1-9-10-26(40)37-38-29(42)35-15-13-30(2,3)19-22(35)27-23(39)17-25-32(6)18-21(20-36)28(41)31(4,5)24(32)11-12-33(25,7)34(27,8)14-16-35/h17-18,22,24,27H,9-16,19H2,1-8H3,(H,37,40)(H,38,42)/t22?,24-,27?,32-,33+,34+,35-/m0/s1. The molecule has 228 valence electrons. The first-order chi connectivity index (χ1) is 19.4. The molecule has 7 nitrogen and oxygen atoms in total. The highest BCUT2D eigenvalue weighted by Crippen LogP contribution is 2.74. The van der Waals surface area contributed by atoms with Crippen molar-refractivity contribution < 1.29 is 19.2 Å². The predicted molar refractivity (Wildman–Crippen MR) is 160 cm³/mol. The van der Waals surface area contributed by atoms with Crippen LogP contribution in [-0.4, -0.2) is 23.4 Å². The molecule has 2 amide bonds. The van der Waals surface area contributed by atoms with Crippen molar-refractivity contribution in [2.24, 2.45) is 50.2 Å². The summed E-state index contributed by atoms with van der Waals surface area (Å²) in [5, 5.41) is 9.93. The molecule has 7 atom stereocenters. The number of ketones is 2. The van der Waals surface area contributed by atoms with Gasteiger partial charge in [0.15, 0.2) is 11.6 Å². The van der Waals surface area contributed by atoms with Crippen LogP contribution in [0.25, 0.3) is 0 Å². The Bertz CT molecular complexity index is 1350. The van der Waals surface area contributed by atoms with Crippen molar-refractivity contribution in [2.45, 2.75) is 113 Å². The highest BCUT2D eigenvalue weighted by atomic mass is 16.2. The quantitative estimate of drug-likeness (QED) is 0.392. The average Bonchev–Trinajstić information content (AvgIpc) is 2.90. The zero-order valence-corrected chi connectivity index (χ0v) is 26.8. The first-order valence-corrected chi connectivity index (χ1v) is 16.0. The van der Waals surface area contributed by atoms with Gasteiger partial charge in [0.05, 0.1) is 11.0 Å². The largest absolute Gasteiger partial charge is 0.295 e. The molecule has 0 bridgehead atoms. The van der Waals surface area contributed by atoms with E-state index in [4.69, 9.17) is 0 Å². The van der Waals surface area contributed by atoms with Gasteiger partial charge < -0.3 is 0 Å². The van der Waals surface area contributed by atoms with E-state index in [0.29, 0.717) is 25.7 Å². The number of hydrogen-bond donors (Lipinski definition) is 2. The van der Waals surface area contributed by atoms with Crippen LogP contribution in [0.5, 0.6) is 0 Å². The molecule has 7 heteroatoms. The molecule has 5 rings (SSSR count). The molecule has 2 unspecified atom stereocenters. The van der Waals surface area contributed by atoms with E-state index in [1.54, 1.807) is 0 Å². The van der Waals surface area contributed by atoms with Gasteiger partial charge in [-0.05, 0) is 85.5 Å². The molecular formula is C35H49N3O4. The summed E-state index contributed by atoms with van der Waals surface area (Å²) in [6, 6.07) is 2.17. The zero-order valence-electron chi connectivity index (χ0n) is 26.8. The molecule has 42 heavy (non-hydrogen) atoms. The van der Waals surface area contributed by atoms with Crippen LogP contribution in [0.15, 0.2) is 23.3 Å². The summed E-state index contributed by atoms with van der Waals surface area (Å²) >= 11 is 0. The van der Waals surface area contributed by atoms with Crippen LogP contribution in [0.4, 0.5) is 0 Å². The van der Waals surface area contributed by atoms with Gasteiger partial charge in [-0.2, -0.15) is 5.26 Å². The van der Waals surface area contributed by atoms with Crippen molar-refractivity contribution in [2.75, 3.05) is 0 Å². The average molecular weight is 576 g/mol. The van der Waals surface area contributed by atoms with E-state index in [-0.39, 0.29) is 63.0 Å². The fraction of sp³-hybridized carbons (Fsp3) is 0.743. The van der Waals surface area contributed by atoms with Gasteiger partial charge in [-0.25, -0.2) is 0 Å². The smallest absolute Gasteiger partial charge is 0.244 e. The van der Waals surface area contributed by atoms with Crippen molar-refractivity contribution in [3.8, 4) is 6.07 Å². The number of Topliss-reactive ketones (excluding diaryl/α,β-unsaturated/α-hetero) is 1. The number of hydrazine groups is 1. The molecule has 0 aromatic rings. The van der Waals surface area contributed by atoms with Gasteiger partial charge in [0.25, 0.3) is 0 Å². The number of nitrogens with one attached hydrogen (secondary N) is 2. The summed E-state index contributed by atoms with van der Waals surface area (Å²) in [5.74, 6) is -0.870. The maximum atomic E-state index is 14.6. The second-order valence-corrected chi connectivity index (χ2v) is 16.2. The third-order valence-electron chi connectivity index (χ3n) is 13.1. The number of allylic oxidation sites excluding steroid dienone is 4. The molecule has 5 aliphatic carbocycles. The summed E-state index contributed by atoms with van der Waals surface area (Å²) in [4.78, 5) is 54.1. The van der Waals surface area contributed by atoms with Gasteiger partial charge >= 0.3 is 0 Å². The van der Waals surface area contributed by atoms with E-state index in [0.717, 1.165) is 37.7 Å². The van der Waals surface area contributed by atoms with Crippen LogP contribution in [0.1, 0.15) is 113 Å². The molecule has 0 radical (unpaired) electrons. The number of nitriles is 1. The SMILES string of the molecule is CCCC(=O)NNC(=O)[C@]12CCC(C)(C)CC1C1C(=O)C=C3[C@@]4(C)C=C(C#N)C(=O)C(C)(C)[C@@H]4CC[C@@]3(C)[C@]1(C)CC2. The monoisotopic (exact) mass is 575 g/mol. The molecule has 3 saturated carbocycles.